The van der Waals surface area contributed by atoms with E-state index in [1.807, 2.05) is 0 Å². The summed E-state index contributed by atoms with van der Waals surface area (Å²) in [4.78, 5) is 24.5. The minimum atomic E-state index is -4.82. The molecule has 0 aliphatic heterocycles. The molecule has 0 atom stereocenters. The lowest BCUT2D eigenvalue weighted by Gasteiger charge is -2.70. The van der Waals surface area contributed by atoms with Gasteiger partial charge in [0.05, 0.1) is 6.54 Å². The van der Waals surface area contributed by atoms with Crippen LogP contribution in [0.2, 0.25) is 5.02 Å². The van der Waals surface area contributed by atoms with Gasteiger partial charge in [0.2, 0.25) is 0 Å². The van der Waals surface area contributed by atoms with Gasteiger partial charge in [-0.05, 0) is 62.8 Å². The molecule has 4 fully saturated rings. The smallest absolute Gasteiger partial charge is 0.484 e. The van der Waals surface area contributed by atoms with Crippen LogP contribution in [0, 0.1) is 0 Å². The summed E-state index contributed by atoms with van der Waals surface area (Å²) in [6.07, 6.45) is -2.20. The first-order valence-corrected chi connectivity index (χ1v) is 10.2. The van der Waals surface area contributed by atoms with E-state index < -0.39 is 17.7 Å². The summed E-state index contributed by atoms with van der Waals surface area (Å²) in [5.74, 6) is -0.277. The lowest BCUT2D eigenvalue weighted by molar-refractivity contribution is -0.369. The molecular formula is C20H22ClF3N2O4. The van der Waals surface area contributed by atoms with Gasteiger partial charge in [0, 0.05) is 16.1 Å². The van der Waals surface area contributed by atoms with Crippen LogP contribution in [0.1, 0.15) is 38.5 Å². The first-order valence-electron chi connectivity index (χ1n) is 9.78. The van der Waals surface area contributed by atoms with Crippen molar-refractivity contribution in [2.75, 3.05) is 13.2 Å². The van der Waals surface area contributed by atoms with E-state index in [0.717, 1.165) is 0 Å². The van der Waals surface area contributed by atoms with Crippen LogP contribution < -0.4 is 15.4 Å². The number of benzene rings is 1. The normalized spacial score (nSPS) is 28.5. The molecule has 2 bridgehead atoms. The monoisotopic (exact) mass is 446 g/mol. The number of ketones is 1. The molecule has 4 saturated carbocycles. The fraction of sp³-hybridized carbons (Fsp3) is 0.600. The van der Waals surface area contributed by atoms with Crippen molar-refractivity contribution in [1.29, 1.82) is 0 Å². The number of halogens is 4. The zero-order chi connectivity index (χ0) is 21.6. The Morgan fingerprint density at radius 2 is 1.70 bits per heavy atom. The highest BCUT2D eigenvalue weighted by Gasteiger charge is 2.68. The van der Waals surface area contributed by atoms with Gasteiger partial charge in [-0.3, -0.25) is 14.3 Å². The topological polar surface area (TPSA) is 76.7 Å². The highest BCUT2D eigenvalue weighted by atomic mass is 35.5. The second-order valence-corrected chi connectivity index (χ2v) is 8.99. The first kappa shape index (κ1) is 21.4. The second kappa shape index (κ2) is 7.39. The third-order valence-electron chi connectivity index (χ3n) is 6.22. The van der Waals surface area contributed by atoms with Gasteiger partial charge in [-0.1, -0.05) is 11.6 Å². The van der Waals surface area contributed by atoms with Crippen molar-refractivity contribution in [1.82, 2.24) is 10.6 Å². The molecule has 30 heavy (non-hydrogen) atoms. The molecule has 5 rings (SSSR count). The zero-order valence-corrected chi connectivity index (χ0v) is 16.9. The highest BCUT2D eigenvalue weighted by Crippen LogP contribution is 2.60. The SMILES string of the molecule is O=C(COc1ccc(Cl)cc1)NC12CC(NCC(=O)C3(OC(F)(F)F)CCC3)(C1)C2. The molecule has 0 unspecified atom stereocenters. The van der Waals surface area contributed by atoms with Gasteiger partial charge in [-0.15, -0.1) is 13.2 Å². The number of nitrogens with one attached hydrogen (secondary N) is 2. The summed E-state index contributed by atoms with van der Waals surface area (Å²) in [6, 6.07) is 6.67. The lowest BCUT2D eigenvalue weighted by atomic mass is 9.44. The van der Waals surface area contributed by atoms with Crippen molar-refractivity contribution < 1.29 is 32.2 Å². The van der Waals surface area contributed by atoms with E-state index in [-0.39, 0.29) is 43.0 Å². The van der Waals surface area contributed by atoms with Crippen LogP contribution in [-0.4, -0.2) is 47.9 Å². The molecule has 1 aromatic carbocycles. The Labute approximate surface area is 176 Å². The van der Waals surface area contributed by atoms with E-state index in [1.165, 1.54) is 0 Å². The molecule has 0 saturated heterocycles. The Kier molecular flexibility index (Phi) is 5.27. The van der Waals surface area contributed by atoms with Crippen LogP contribution in [0.15, 0.2) is 24.3 Å². The van der Waals surface area contributed by atoms with Gasteiger partial charge in [0.25, 0.3) is 5.91 Å². The van der Waals surface area contributed by atoms with E-state index in [4.69, 9.17) is 16.3 Å². The predicted molar refractivity (Wildman–Crippen MR) is 101 cm³/mol. The summed E-state index contributed by atoms with van der Waals surface area (Å²) < 4.78 is 47.3. The molecule has 1 aromatic rings. The minimum Gasteiger partial charge on any atom is -0.484 e. The van der Waals surface area contributed by atoms with Gasteiger partial charge in [-0.25, -0.2) is 0 Å². The molecule has 0 aromatic heterocycles. The molecule has 4 aliphatic rings. The Bertz CT molecular complexity index is 820. The van der Waals surface area contributed by atoms with Gasteiger partial charge in [0.15, 0.2) is 12.4 Å². The number of rotatable bonds is 9. The molecule has 0 heterocycles. The summed E-state index contributed by atoms with van der Waals surface area (Å²) in [7, 11) is 0. The molecule has 10 heteroatoms. The highest BCUT2D eigenvalue weighted by molar-refractivity contribution is 6.30. The molecule has 0 spiro atoms. The van der Waals surface area contributed by atoms with E-state index in [1.54, 1.807) is 24.3 Å². The molecule has 6 nitrogen and oxygen atoms in total. The van der Waals surface area contributed by atoms with Gasteiger partial charge >= 0.3 is 6.36 Å². The predicted octanol–water partition coefficient (Wildman–Crippen LogP) is 3.13. The van der Waals surface area contributed by atoms with Crippen LogP contribution in [-0.2, 0) is 14.3 Å². The molecule has 0 radical (unpaired) electrons. The van der Waals surface area contributed by atoms with Crippen molar-refractivity contribution in [3.8, 4) is 5.75 Å². The quantitative estimate of drug-likeness (QED) is 0.609. The van der Waals surface area contributed by atoms with Crippen molar-refractivity contribution in [2.45, 2.75) is 61.6 Å². The third-order valence-corrected chi connectivity index (χ3v) is 6.47. The third kappa shape index (κ3) is 4.29. The number of hydrogen-bond acceptors (Lipinski definition) is 5. The Balaban J connectivity index is 1.19. The second-order valence-electron chi connectivity index (χ2n) is 8.55. The molecule has 2 N–H and O–H groups in total. The van der Waals surface area contributed by atoms with E-state index in [0.29, 0.717) is 36.5 Å². The van der Waals surface area contributed by atoms with E-state index in [2.05, 4.69) is 15.4 Å². The van der Waals surface area contributed by atoms with Crippen LogP contribution in [0.4, 0.5) is 13.2 Å². The summed E-state index contributed by atoms with van der Waals surface area (Å²) >= 11 is 5.80. The first-order chi connectivity index (χ1) is 14.0. The fourth-order valence-corrected chi connectivity index (χ4v) is 4.83. The summed E-state index contributed by atoms with van der Waals surface area (Å²) in [5, 5.41) is 6.61. The maximum absolute atomic E-state index is 12.6. The fourth-order valence-electron chi connectivity index (χ4n) is 4.71. The van der Waals surface area contributed by atoms with E-state index in [9.17, 15) is 22.8 Å². The molecule has 1 amide bonds. The zero-order valence-electron chi connectivity index (χ0n) is 16.1. The Hall–Kier alpha value is -1.84. The average molecular weight is 447 g/mol. The average Bonchev–Trinajstić information content (AvgIpc) is 2.57. The summed E-state index contributed by atoms with van der Waals surface area (Å²) in [5.41, 5.74) is -2.37. The van der Waals surface area contributed by atoms with Crippen molar-refractivity contribution in [2.24, 2.45) is 0 Å². The number of ether oxygens (including phenoxy) is 2. The molecular weight excluding hydrogens is 425 g/mol. The Morgan fingerprint density at radius 3 is 2.23 bits per heavy atom. The van der Waals surface area contributed by atoms with Crippen LogP contribution in [0.3, 0.4) is 0 Å². The van der Waals surface area contributed by atoms with Gasteiger partial charge in [-0.2, -0.15) is 0 Å². The molecule has 164 valence electrons. The maximum atomic E-state index is 12.6. The number of carbonyl (C=O) groups is 2. The number of alkyl halides is 3. The van der Waals surface area contributed by atoms with Crippen LogP contribution in [0.25, 0.3) is 0 Å². The van der Waals surface area contributed by atoms with Crippen molar-refractivity contribution in [3.05, 3.63) is 29.3 Å². The Morgan fingerprint density at radius 1 is 1.07 bits per heavy atom. The van der Waals surface area contributed by atoms with Crippen LogP contribution in [0.5, 0.6) is 5.75 Å². The maximum Gasteiger partial charge on any atom is 0.523 e. The van der Waals surface area contributed by atoms with Crippen molar-refractivity contribution >= 4 is 23.3 Å². The number of carbonyl (C=O) groups excluding carboxylic acids is 2. The minimum absolute atomic E-state index is 0.0909. The molecule has 4 aliphatic carbocycles. The number of amides is 1. The van der Waals surface area contributed by atoms with Crippen LogP contribution >= 0.6 is 11.6 Å². The standard InChI is InChI=1S/C20H22ClF3N2O4/c21-13-2-4-14(5-3-13)29-9-16(28)26-18-10-17(11-18,12-18)25-8-15(27)19(6-1-7-19)30-20(22,23)24/h2-5,25H,1,6-12H2,(H,26,28). The van der Waals surface area contributed by atoms with E-state index >= 15 is 0 Å². The number of Topliss-reactive ketones (excluding diaryl/α,β-unsaturated/α-hetero) is 1. The largest absolute Gasteiger partial charge is 0.523 e. The van der Waals surface area contributed by atoms with Gasteiger partial charge in [0.1, 0.15) is 11.4 Å². The van der Waals surface area contributed by atoms with Gasteiger partial charge < -0.3 is 15.4 Å². The summed E-state index contributed by atoms with van der Waals surface area (Å²) in [6.45, 7) is -0.292. The van der Waals surface area contributed by atoms with Crippen molar-refractivity contribution in [3.63, 3.8) is 0 Å². The number of hydrogen-bond donors (Lipinski definition) is 2. The lowest BCUT2D eigenvalue weighted by Crippen LogP contribution is -2.83.